The molecule has 2 heterocycles. The Balaban J connectivity index is 1.72. The number of nitrogens with zero attached hydrogens (tertiary/aromatic N) is 3. The van der Waals surface area contributed by atoms with Crippen LogP contribution < -0.4 is 5.32 Å². The SMILES string of the molecule is CC(=O)c1ccc(Nc2nccc(C(=O)N3CCOCC3)n2)cc1. The van der Waals surface area contributed by atoms with E-state index in [1.807, 2.05) is 0 Å². The number of anilines is 2. The van der Waals surface area contributed by atoms with Gasteiger partial charge in [0.2, 0.25) is 5.95 Å². The van der Waals surface area contributed by atoms with Gasteiger partial charge in [0, 0.05) is 30.5 Å². The number of amides is 1. The number of hydrogen-bond acceptors (Lipinski definition) is 6. The van der Waals surface area contributed by atoms with Crippen molar-refractivity contribution in [3.8, 4) is 0 Å². The molecule has 1 amide bonds. The predicted octanol–water partition coefficient (Wildman–Crippen LogP) is 1.90. The molecule has 7 nitrogen and oxygen atoms in total. The molecule has 0 saturated carbocycles. The Hall–Kier alpha value is -2.80. The van der Waals surface area contributed by atoms with Gasteiger partial charge in [0.25, 0.3) is 5.91 Å². The zero-order chi connectivity index (χ0) is 16.9. The van der Waals surface area contributed by atoms with Gasteiger partial charge in [0.15, 0.2) is 5.78 Å². The molecule has 0 unspecified atom stereocenters. The number of nitrogens with one attached hydrogen (secondary N) is 1. The first-order valence-corrected chi connectivity index (χ1v) is 7.71. The van der Waals surface area contributed by atoms with Crippen molar-refractivity contribution in [2.24, 2.45) is 0 Å². The molecule has 1 fully saturated rings. The number of ketones is 1. The number of rotatable bonds is 4. The highest BCUT2D eigenvalue weighted by molar-refractivity contribution is 5.94. The van der Waals surface area contributed by atoms with Crippen molar-refractivity contribution in [1.29, 1.82) is 0 Å². The van der Waals surface area contributed by atoms with Crippen LogP contribution in [-0.4, -0.2) is 52.9 Å². The van der Waals surface area contributed by atoms with Gasteiger partial charge in [0.1, 0.15) is 5.69 Å². The molecule has 3 rings (SSSR count). The van der Waals surface area contributed by atoms with E-state index in [0.717, 1.165) is 5.69 Å². The molecule has 1 N–H and O–H groups in total. The molecule has 1 aliphatic heterocycles. The minimum Gasteiger partial charge on any atom is -0.378 e. The molecule has 2 aromatic rings. The lowest BCUT2D eigenvalue weighted by molar-refractivity contribution is 0.0299. The zero-order valence-electron chi connectivity index (χ0n) is 13.4. The van der Waals surface area contributed by atoms with Crippen LogP contribution in [0.15, 0.2) is 36.5 Å². The number of morpholine rings is 1. The van der Waals surface area contributed by atoms with Crippen LogP contribution in [0.25, 0.3) is 0 Å². The highest BCUT2D eigenvalue weighted by atomic mass is 16.5. The van der Waals surface area contributed by atoms with Gasteiger partial charge in [-0.15, -0.1) is 0 Å². The van der Waals surface area contributed by atoms with Gasteiger partial charge in [-0.3, -0.25) is 9.59 Å². The second-order valence-corrected chi connectivity index (χ2v) is 5.43. The molecule has 1 aromatic heterocycles. The first kappa shape index (κ1) is 16.1. The van der Waals surface area contributed by atoms with Crippen LogP contribution in [0.1, 0.15) is 27.8 Å². The Morgan fingerprint density at radius 1 is 1.12 bits per heavy atom. The normalized spacial score (nSPS) is 14.3. The number of aromatic nitrogens is 2. The van der Waals surface area contributed by atoms with Gasteiger partial charge in [-0.05, 0) is 37.3 Å². The predicted molar refractivity (Wildman–Crippen MR) is 88.5 cm³/mol. The van der Waals surface area contributed by atoms with Gasteiger partial charge in [-0.25, -0.2) is 9.97 Å². The van der Waals surface area contributed by atoms with Crippen molar-refractivity contribution >= 4 is 23.3 Å². The van der Waals surface area contributed by atoms with Crippen LogP contribution in [0.2, 0.25) is 0 Å². The summed E-state index contributed by atoms with van der Waals surface area (Å²) in [6.07, 6.45) is 1.55. The van der Waals surface area contributed by atoms with Crippen LogP contribution in [0, 0.1) is 0 Å². The first-order chi connectivity index (χ1) is 11.6. The van der Waals surface area contributed by atoms with Gasteiger partial charge < -0.3 is 15.0 Å². The van der Waals surface area contributed by atoms with E-state index in [1.165, 1.54) is 6.92 Å². The lowest BCUT2D eigenvalue weighted by Gasteiger charge is -2.26. The summed E-state index contributed by atoms with van der Waals surface area (Å²) in [5, 5.41) is 3.04. The molecule has 0 aliphatic carbocycles. The van der Waals surface area contributed by atoms with Crippen molar-refractivity contribution in [2.45, 2.75) is 6.92 Å². The van der Waals surface area contributed by atoms with Crippen molar-refractivity contribution in [3.63, 3.8) is 0 Å². The van der Waals surface area contributed by atoms with Crippen LogP contribution in [-0.2, 0) is 4.74 Å². The smallest absolute Gasteiger partial charge is 0.272 e. The minimum atomic E-state index is -0.129. The fourth-order valence-electron chi connectivity index (χ4n) is 2.38. The number of carbonyl (C=O) groups is 2. The largest absolute Gasteiger partial charge is 0.378 e. The van der Waals surface area contributed by atoms with E-state index in [0.29, 0.717) is 43.5 Å². The van der Waals surface area contributed by atoms with E-state index >= 15 is 0 Å². The summed E-state index contributed by atoms with van der Waals surface area (Å²) < 4.78 is 5.25. The van der Waals surface area contributed by atoms with E-state index in [-0.39, 0.29) is 11.7 Å². The standard InChI is InChI=1S/C17H18N4O3/c1-12(22)13-2-4-14(5-3-13)19-17-18-7-6-15(20-17)16(23)21-8-10-24-11-9-21/h2-7H,8-11H2,1H3,(H,18,19,20). The maximum absolute atomic E-state index is 12.4. The Kier molecular flexibility index (Phi) is 4.81. The third-order valence-electron chi connectivity index (χ3n) is 3.72. The van der Waals surface area contributed by atoms with Crippen molar-refractivity contribution in [2.75, 3.05) is 31.6 Å². The average Bonchev–Trinajstić information content (AvgIpc) is 2.62. The summed E-state index contributed by atoms with van der Waals surface area (Å²) >= 11 is 0. The summed E-state index contributed by atoms with van der Waals surface area (Å²) in [6.45, 7) is 3.75. The Morgan fingerprint density at radius 2 is 1.83 bits per heavy atom. The number of carbonyl (C=O) groups excluding carboxylic acids is 2. The van der Waals surface area contributed by atoms with Crippen LogP contribution in [0.5, 0.6) is 0 Å². The molecule has 0 atom stereocenters. The molecule has 0 bridgehead atoms. The molecule has 1 aromatic carbocycles. The second kappa shape index (κ2) is 7.18. The van der Waals surface area contributed by atoms with Gasteiger partial charge >= 0.3 is 0 Å². The fraction of sp³-hybridized carbons (Fsp3) is 0.294. The van der Waals surface area contributed by atoms with E-state index in [1.54, 1.807) is 41.4 Å². The molecular formula is C17H18N4O3. The van der Waals surface area contributed by atoms with E-state index in [9.17, 15) is 9.59 Å². The van der Waals surface area contributed by atoms with Gasteiger partial charge in [0.05, 0.1) is 13.2 Å². The van der Waals surface area contributed by atoms with E-state index < -0.39 is 0 Å². The molecule has 0 spiro atoms. The van der Waals surface area contributed by atoms with Crippen LogP contribution in [0.3, 0.4) is 0 Å². The molecule has 1 saturated heterocycles. The number of hydrogen-bond donors (Lipinski definition) is 1. The molecule has 24 heavy (non-hydrogen) atoms. The first-order valence-electron chi connectivity index (χ1n) is 7.71. The Morgan fingerprint density at radius 3 is 2.50 bits per heavy atom. The highest BCUT2D eigenvalue weighted by Crippen LogP contribution is 2.15. The number of ether oxygens (including phenoxy) is 1. The summed E-state index contributed by atoms with van der Waals surface area (Å²) in [6, 6.07) is 8.61. The zero-order valence-corrected chi connectivity index (χ0v) is 13.4. The van der Waals surface area contributed by atoms with E-state index in [4.69, 9.17) is 4.74 Å². The molecule has 1 aliphatic rings. The summed E-state index contributed by atoms with van der Waals surface area (Å²) in [4.78, 5) is 33.9. The topological polar surface area (TPSA) is 84.4 Å². The van der Waals surface area contributed by atoms with Crippen LogP contribution in [0.4, 0.5) is 11.6 Å². The third-order valence-corrected chi connectivity index (χ3v) is 3.72. The van der Waals surface area contributed by atoms with Crippen molar-refractivity contribution < 1.29 is 14.3 Å². The third kappa shape index (κ3) is 3.75. The summed E-state index contributed by atoms with van der Waals surface area (Å²) in [5.74, 6) is 0.219. The molecule has 7 heteroatoms. The lowest BCUT2D eigenvalue weighted by Crippen LogP contribution is -2.41. The fourth-order valence-corrected chi connectivity index (χ4v) is 2.38. The Labute approximate surface area is 139 Å². The maximum atomic E-state index is 12.4. The summed E-state index contributed by atoms with van der Waals surface area (Å²) in [5.41, 5.74) is 1.73. The van der Waals surface area contributed by atoms with Gasteiger partial charge in [-0.2, -0.15) is 0 Å². The van der Waals surface area contributed by atoms with Crippen molar-refractivity contribution in [1.82, 2.24) is 14.9 Å². The lowest BCUT2D eigenvalue weighted by atomic mass is 10.1. The monoisotopic (exact) mass is 326 g/mol. The maximum Gasteiger partial charge on any atom is 0.272 e. The molecule has 0 radical (unpaired) electrons. The van der Waals surface area contributed by atoms with E-state index in [2.05, 4.69) is 15.3 Å². The average molecular weight is 326 g/mol. The quantitative estimate of drug-likeness (QED) is 0.864. The number of benzene rings is 1. The van der Waals surface area contributed by atoms with Gasteiger partial charge in [-0.1, -0.05) is 0 Å². The number of Topliss-reactive ketones (excluding diaryl/α,β-unsaturated/α-hetero) is 1. The second-order valence-electron chi connectivity index (χ2n) is 5.43. The van der Waals surface area contributed by atoms with Crippen molar-refractivity contribution in [3.05, 3.63) is 47.8 Å². The highest BCUT2D eigenvalue weighted by Gasteiger charge is 2.20. The minimum absolute atomic E-state index is 0.0101. The Bertz CT molecular complexity index is 740. The molecular weight excluding hydrogens is 308 g/mol. The molecule has 124 valence electrons. The summed E-state index contributed by atoms with van der Waals surface area (Å²) in [7, 11) is 0. The van der Waals surface area contributed by atoms with Crippen LogP contribution >= 0.6 is 0 Å².